The van der Waals surface area contributed by atoms with Crippen LogP contribution in [0.4, 0.5) is 13.2 Å². The zero-order valence-corrected chi connectivity index (χ0v) is 25.1. The van der Waals surface area contributed by atoms with Gasteiger partial charge in [-0.25, -0.2) is 21.6 Å². The van der Waals surface area contributed by atoms with Crippen molar-refractivity contribution in [3.8, 4) is 0 Å². The molecule has 42 heavy (non-hydrogen) atoms. The number of aliphatic imine (C=N–C) groups is 1. The number of hydrogen-bond donors (Lipinski definition) is 1. The summed E-state index contributed by atoms with van der Waals surface area (Å²) in [4.78, 5) is 20.0. The molecule has 0 spiro atoms. The molecule has 0 aromatic heterocycles. The van der Waals surface area contributed by atoms with Crippen LogP contribution in [0.2, 0.25) is 5.02 Å². The number of carbonyl (C=O) groups is 1. The summed E-state index contributed by atoms with van der Waals surface area (Å²) < 4.78 is 71.5. The van der Waals surface area contributed by atoms with Gasteiger partial charge in [0.1, 0.15) is 11.7 Å². The van der Waals surface area contributed by atoms with Crippen molar-refractivity contribution in [1.29, 1.82) is 0 Å². The van der Waals surface area contributed by atoms with Crippen LogP contribution < -0.4 is 5.32 Å². The van der Waals surface area contributed by atoms with E-state index in [9.17, 15) is 26.4 Å². The van der Waals surface area contributed by atoms with Gasteiger partial charge in [-0.3, -0.25) is 9.79 Å². The number of likely N-dealkylation sites (tertiary alicyclic amines) is 1. The second-order valence-corrected chi connectivity index (χ2v) is 15.1. The van der Waals surface area contributed by atoms with Crippen LogP contribution >= 0.6 is 11.6 Å². The Bertz CT molecular complexity index is 1530. The number of nitrogens with one attached hydrogen (secondary N) is 1. The van der Waals surface area contributed by atoms with E-state index in [1.165, 1.54) is 21.3 Å². The number of sulfonamides is 1. The lowest BCUT2D eigenvalue weighted by Gasteiger charge is -2.73. The second-order valence-electron chi connectivity index (χ2n) is 12.9. The van der Waals surface area contributed by atoms with Crippen LogP contribution in [0, 0.1) is 11.2 Å². The lowest BCUT2D eigenvalue weighted by atomic mass is 9.38. The Balaban J connectivity index is 1.24. The zero-order chi connectivity index (χ0) is 30.1. The van der Waals surface area contributed by atoms with Gasteiger partial charge in [-0.2, -0.15) is 4.31 Å². The number of amidine groups is 1. The Kier molecular flexibility index (Phi) is 6.98. The highest BCUT2D eigenvalue weighted by Crippen LogP contribution is 2.71. The smallest absolute Gasteiger partial charge is 0.249 e. The summed E-state index contributed by atoms with van der Waals surface area (Å²) in [5.41, 5.74) is -1.33. The maximum atomic E-state index is 14.3. The first-order chi connectivity index (χ1) is 19.7. The maximum absolute atomic E-state index is 14.3. The van der Waals surface area contributed by atoms with Gasteiger partial charge < -0.3 is 10.2 Å². The molecule has 2 aromatic carbocycles. The van der Waals surface area contributed by atoms with E-state index in [1.807, 2.05) is 13.8 Å². The summed E-state index contributed by atoms with van der Waals surface area (Å²) in [7, 11) is -3.93. The van der Waals surface area contributed by atoms with Gasteiger partial charge in [0, 0.05) is 43.4 Å². The molecule has 7 nitrogen and oxygen atoms in total. The van der Waals surface area contributed by atoms with Gasteiger partial charge >= 0.3 is 0 Å². The molecule has 0 radical (unpaired) electrons. The Hall–Kier alpha value is -2.63. The summed E-state index contributed by atoms with van der Waals surface area (Å²) in [6.45, 7) is 4.00. The number of benzene rings is 2. The van der Waals surface area contributed by atoms with Gasteiger partial charge in [-0.15, -0.1) is 0 Å². The first-order valence-electron chi connectivity index (χ1n) is 14.2. The molecule has 1 N–H and O–H groups in total. The fourth-order valence-electron chi connectivity index (χ4n) is 7.07. The largest absolute Gasteiger partial charge is 0.366 e. The van der Waals surface area contributed by atoms with Crippen molar-refractivity contribution < 1.29 is 26.4 Å². The van der Waals surface area contributed by atoms with Crippen molar-refractivity contribution in [3.63, 3.8) is 0 Å². The molecular weight excluding hydrogens is 589 g/mol. The molecule has 0 unspecified atom stereocenters. The van der Waals surface area contributed by atoms with Gasteiger partial charge in [0.05, 0.1) is 15.5 Å². The van der Waals surface area contributed by atoms with E-state index in [0.717, 1.165) is 0 Å². The molecule has 2 heterocycles. The Morgan fingerprint density at radius 2 is 1.79 bits per heavy atom. The van der Waals surface area contributed by atoms with E-state index in [4.69, 9.17) is 16.6 Å². The minimum Gasteiger partial charge on any atom is -0.366 e. The summed E-state index contributed by atoms with van der Waals surface area (Å²) in [5, 5.41) is 3.39. The third-order valence-corrected chi connectivity index (χ3v) is 11.6. The third-order valence-electron chi connectivity index (χ3n) is 9.32. The molecule has 3 saturated carbocycles. The van der Waals surface area contributed by atoms with Gasteiger partial charge in [0.25, 0.3) is 0 Å². The van der Waals surface area contributed by atoms with Gasteiger partial charge in [-0.05, 0) is 69.4 Å². The fraction of sp³-hybridized carbons (Fsp3) is 0.533. The molecule has 3 aliphatic carbocycles. The molecule has 2 aliphatic heterocycles. The normalized spacial score (nSPS) is 29.6. The van der Waals surface area contributed by atoms with Crippen LogP contribution in [-0.2, 0) is 21.4 Å². The molecular formula is C30H34ClF3N4O3S. The number of amides is 1. The molecule has 2 bridgehead atoms. The molecule has 5 aliphatic rings. The number of rotatable bonds is 7. The molecule has 12 heteroatoms. The quantitative estimate of drug-likeness (QED) is 0.449. The van der Waals surface area contributed by atoms with Crippen LogP contribution in [0.3, 0.4) is 0 Å². The van der Waals surface area contributed by atoms with Crippen LogP contribution in [0.15, 0.2) is 58.4 Å². The Labute approximate surface area is 249 Å². The van der Waals surface area contributed by atoms with E-state index in [0.29, 0.717) is 30.7 Å². The van der Waals surface area contributed by atoms with E-state index in [-0.39, 0.29) is 54.7 Å². The molecule has 7 rings (SSSR count). The highest BCUT2D eigenvalue weighted by atomic mass is 35.5. The SMILES string of the molecule is CC1(C)NC(C23CC(N(Cc4ccc(Cl)c(F)c4)S(=O)(=O)c4ccccc4)(C2)C3)=N[C@H]1C(=O)N1CCCC(F)(F)CC1. The monoisotopic (exact) mass is 622 g/mol. The first-order valence-corrected chi connectivity index (χ1v) is 16.0. The molecule has 1 amide bonds. The number of carbonyl (C=O) groups excluding carboxylic acids is 1. The van der Waals surface area contributed by atoms with E-state index in [2.05, 4.69) is 5.32 Å². The van der Waals surface area contributed by atoms with E-state index >= 15 is 0 Å². The molecule has 1 atom stereocenters. The van der Waals surface area contributed by atoms with Crippen molar-refractivity contribution in [2.45, 2.75) is 86.9 Å². The number of nitrogens with zero attached hydrogens (tertiary/aromatic N) is 3. The topological polar surface area (TPSA) is 82.1 Å². The molecule has 4 fully saturated rings. The summed E-state index contributed by atoms with van der Waals surface area (Å²) in [5.74, 6) is -2.98. The zero-order valence-electron chi connectivity index (χ0n) is 23.5. The highest BCUT2D eigenvalue weighted by Gasteiger charge is 2.75. The fourth-order valence-corrected chi connectivity index (χ4v) is 8.96. The van der Waals surface area contributed by atoms with Crippen LogP contribution in [0.5, 0.6) is 0 Å². The molecule has 2 aromatic rings. The lowest BCUT2D eigenvalue weighted by molar-refractivity contribution is -0.151. The lowest BCUT2D eigenvalue weighted by Crippen LogP contribution is -2.78. The van der Waals surface area contributed by atoms with E-state index < -0.39 is 44.3 Å². The van der Waals surface area contributed by atoms with Gasteiger partial charge in [0.2, 0.25) is 21.9 Å². The number of hydrogen-bond acceptors (Lipinski definition) is 5. The summed E-state index contributed by atoms with van der Waals surface area (Å²) >= 11 is 5.87. The number of halogens is 4. The van der Waals surface area contributed by atoms with Crippen molar-refractivity contribution in [2.24, 2.45) is 10.4 Å². The summed E-state index contributed by atoms with van der Waals surface area (Å²) in [6, 6.07) is 11.7. The highest BCUT2D eigenvalue weighted by molar-refractivity contribution is 7.89. The average Bonchev–Trinajstić information content (AvgIpc) is 3.08. The second kappa shape index (κ2) is 9.95. The average molecular weight is 623 g/mol. The standard InChI is InChI=1S/C30H34ClF3N4O3S/c1-27(2)24(25(39)37-13-6-11-30(33,34)12-14-37)35-26(36-27)28-17-29(18-28,19-28)38(16-20-9-10-22(31)23(32)15-20)42(40,41)21-7-4-3-5-8-21/h3-5,7-10,15,24H,6,11-14,16-19H2,1-2H3,(H,35,36)/t24-,28?,29?/m0/s1. The van der Waals surface area contributed by atoms with Crippen molar-refractivity contribution in [3.05, 3.63) is 64.9 Å². The number of alkyl halides is 2. The van der Waals surface area contributed by atoms with Crippen molar-refractivity contribution >= 4 is 33.4 Å². The minimum absolute atomic E-state index is 0.00484. The predicted molar refractivity (Wildman–Crippen MR) is 153 cm³/mol. The van der Waals surface area contributed by atoms with Crippen LogP contribution in [-0.4, -0.2) is 65.5 Å². The first kappa shape index (κ1) is 29.4. The maximum Gasteiger partial charge on any atom is 0.249 e. The van der Waals surface area contributed by atoms with Crippen LogP contribution in [0.25, 0.3) is 0 Å². The van der Waals surface area contributed by atoms with Gasteiger partial charge in [0.15, 0.2) is 6.04 Å². The Morgan fingerprint density at radius 1 is 1.10 bits per heavy atom. The van der Waals surface area contributed by atoms with Crippen LogP contribution in [0.1, 0.15) is 57.9 Å². The Morgan fingerprint density at radius 3 is 2.45 bits per heavy atom. The minimum atomic E-state index is -3.93. The van der Waals surface area contributed by atoms with Gasteiger partial charge in [-0.1, -0.05) is 35.9 Å². The van der Waals surface area contributed by atoms with E-state index in [1.54, 1.807) is 36.4 Å². The molecule has 226 valence electrons. The predicted octanol–water partition coefficient (Wildman–Crippen LogP) is 5.39. The molecule has 1 saturated heterocycles. The van der Waals surface area contributed by atoms with Crippen molar-refractivity contribution in [1.82, 2.24) is 14.5 Å². The third kappa shape index (κ3) is 4.91. The summed E-state index contributed by atoms with van der Waals surface area (Å²) in [6.07, 6.45) is 1.16. The van der Waals surface area contributed by atoms with Crippen molar-refractivity contribution in [2.75, 3.05) is 13.1 Å².